The lowest BCUT2D eigenvalue weighted by atomic mass is 10.1. The fourth-order valence-electron chi connectivity index (χ4n) is 2.93. The maximum atomic E-state index is 6.61. The van der Waals surface area contributed by atoms with Crippen molar-refractivity contribution in [1.29, 1.82) is 0 Å². The van der Waals surface area contributed by atoms with E-state index in [-0.39, 0.29) is 16.4 Å². The Kier molecular flexibility index (Phi) is 3.77. The molecule has 0 aliphatic carbocycles. The first-order valence-corrected chi connectivity index (χ1v) is 10.5. The van der Waals surface area contributed by atoms with Crippen LogP contribution in [0.15, 0.2) is 42.0 Å². The molecular formula is C18H28OSi. The molecule has 1 aliphatic rings. The molecule has 1 aromatic rings. The molecule has 2 rings (SSSR count). The molecule has 0 bridgehead atoms. The summed E-state index contributed by atoms with van der Waals surface area (Å²) in [7, 11) is -1.75. The Hall–Kier alpha value is -0.863. The molecule has 2 atom stereocenters. The molecule has 1 aromatic carbocycles. The molecule has 1 heterocycles. The lowest BCUT2D eigenvalue weighted by Crippen LogP contribution is -2.57. The van der Waals surface area contributed by atoms with Gasteiger partial charge in [-0.05, 0) is 30.0 Å². The van der Waals surface area contributed by atoms with Crippen LogP contribution in [0.4, 0.5) is 0 Å². The van der Waals surface area contributed by atoms with Crippen molar-refractivity contribution in [3.8, 4) is 0 Å². The summed E-state index contributed by atoms with van der Waals surface area (Å²) in [5.41, 5.74) is 2.67. The summed E-state index contributed by atoms with van der Waals surface area (Å²) in [6.45, 7) is 16.4. The molecule has 0 aromatic heterocycles. The van der Waals surface area contributed by atoms with Gasteiger partial charge in [-0.3, -0.25) is 0 Å². The Morgan fingerprint density at radius 2 is 1.65 bits per heavy atom. The minimum absolute atomic E-state index is 0.212. The monoisotopic (exact) mass is 288 g/mol. The molecular weight excluding hydrogens is 260 g/mol. The summed E-state index contributed by atoms with van der Waals surface area (Å²) in [4.78, 5) is 0. The van der Waals surface area contributed by atoms with Gasteiger partial charge in [-0.1, -0.05) is 70.3 Å². The van der Waals surface area contributed by atoms with Crippen molar-refractivity contribution in [1.82, 2.24) is 0 Å². The average molecular weight is 289 g/mol. The normalized spacial score (nSPS) is 27.6. The van der Waals surface area contributed by atoms with Crippen LogP contribution in [0.1, 0.15) is 40.2 Å². The molecule has 0 N–H and O–H groups in total. The number of hydrogen-bond acceptors (Lipinski definition) is 1. The van der Waals surface area contributed by atoms with Crippen molar-refractivity contribution in [3.63, 3.8) is 0 Å². The first-order chi connectivity index (χ1) is 9.12. The molecule has 20 heavy (non-hydrogen) atoms. The first kappa shape index (κ1) is 15.5. The van der Waals surface area contributed by atoms with E-state index in [0.717, 1.165) is 0 Å². The van der Waals surface area contributed by atoms with Crippen LogP contribution in [-0.2, 0) is 9.96 Å². The molecule has 0 amide bonds. The Bertz CT molecular complexity index is 510. The van der Waals surface area contributed by atoms with Crippen LogP contribution >= 0.6 is 0 Å². The molecule has 0 spiro atoms. The van der Waals surface area contributed by atoms with Crippen LogP contribution in [0.3, 0.4) is 0 Å². The van der Waals surface area contributed by atoms with Crippen molar-refractivity contribution in [2.75, 3.05) is 0 Å². The number of hydrogen-bond donors (Lipinski definition) is 0. The van der Waals surface area contributed by atoms with Crippen LogP contribution < -0.4 is 0 Å². The summed E-state index contributed by atoms with van der Waals surface area (Å²) in [6, 6.07) is 10.8. The molecule has 2 heteroatoms. The van der Waals surface area contributed by atoms with Crippen molar-refractivity contribution in [2.45, 2.75) is 64.1 Å². The highest BCUT2D eigenvalue weighted by molar-refractivity contribution is 6.83. The van der Waals surface area contributed by atoms with Crippen LogP contribution in [-0.4, -0.2) is 14.2 Å². The minimum Gasteiger partial charge on any atom is -0.363 e. The minimum atomic E-state index is -1.75. The highest BCUT2D eigenvalue weighted by Crippen LogP contribution is 2.53. The predicted octanol–water partition coefficient (Wildman–Crippen LogP) is 5.29. The molecule has 0 saturated heterocycles. The Balaban J connectivity index is 2.65. The van der Waals surface area contributed by atoms with Gasteiger partial charge in [0.25, 0.3) is 0 Å². The Labute approximate surface area is 125 Å². The second-order valence-electron chi connectivity index (χ2n) is 7.63. The van der Waals surface area contributed by atoms with Crippen molar-refractivity contribution in [3.05, 3.63) is 47.5 Å². The van der Waals surface area contributed by atoms with Crippen LogP contribution in [0, 0.1) is 0 Å². The maximum Gasteiger partial charge on any atom is 0.101 e. The summed E-state index contributed by atoms with van der Waals surface area (Å²) in [5, 5.41) is 0.0552. The van der Waals surface area contributed by atoms with Gasteiger partial charge >= 0.3 is 0 Å². The zero-order valence-electron chi connectivity index (χ0n) is 13.9. The van der Waals surface area contributed by atoms with Gasteiger partial charge in [0.05, 0.1) is 6.10 Å². The molecule has 2 unspecified atom stereocenters. The number of rotatable bonds is 2. The molecule has 0 radical (unpaired) electrons. The molecule has 110 valence electrons. The third kappa shape index (κ3) is 2.19. The van der Waals surface area contributed by atoms with Gasteiger partial charge in [0, 0.05) is 0 Å². The van der Waals surface area contributed by atoms with Gasteiger partial charge < -0.3 is 4.74 Å². The fraction of sp³-hybridized carbons (Fsp3) is 0.556. The van der Waals surface area contributed by atoms with Crippen molar-refractivity contribution < 1.29 is 4.74 Å². The Morgan fingerprint density at radius 1 is 1.10 bits per heavy atom. The predicted molar refractivity (Wildman–Crippen MR) is 89.6 cm³/mol. The quantitative estimate of drug-likeness (QED) is 0.530. The van der Waals surface area contributed by atoms with Gasteiger partial charge in [0.2, 0.25) is 0 Å². The summed E-state index contributed by atoms with van der Waals surface area (Å²) >= 11 is 0. The van der Waals surface area contributed by atoms with Gasteiger partial charge in [-0.15, -0.1) is 0 Å². The standard InChI is InChI=1S/C18H28OSi/c1-14-13-18(19-15(14)2,16-11-9-8-10-12-16)20(6,7)17(3,4)5/h8-13,15H,1-7H3. The lowest BCUT2D eigenvalue weighted by molar-refractivity contribution is 0.0252. The molecule has 0 saturated carbocycles. The average Bonchev–Trinajstić information content (AvgIpc) is 2.67. The van der Waals surface area contributed by atoms with Gasteiger partial charge in [0.15, 0.2) is 0 Å². The van der Waals surface area contributed by atoms with Crippen LogP contribution in [0.25, 0.3) is 0 Å². The topological polar surface area (TPSA) is 9.23 Å². The number of benzene rings is 1. The van der Waals surface area contributed by atoms with Gasteiger partial charge in [-0.25, -0.2) is 0 Å². The van der Waals surface area contributed by atoms with E-state index in [2.05, 4.69) is 84.1 Å². The van der Waals surface area contributed by atoms with Crippen LogP contribution in [0.2, 0.25) is 18.1 Å². The van der Waals surface area contributed by atoms with E-state index in [4.69, 9.17) is 4.74 Å². The van der Waals surface area contributed by atoms with E-state index in [9.17, 15) is 0 Å². The SMILES string of the molecule is CC1=CC(c2ccccc2)([Si](C)(C)C(C)(C)C)OC1C. The summed E-state index contributed by atoms with van der Waals surface area (Å²) < 4.78 is 6.61. The largest absolute Gasteiger partial charge is 0.363 e. The van der Waals surface area contributed by atoms with Gasteiger partial charge in [-0.2, -0.15) is 0 Å². The van der Waals surface area contributed by atoms with Crippen LogP contribution in [0.5, 0.6) is 0 Å². The smallest absolute Gasteiger partial charge is 0.101 e. The summed E-state index contributed by atoms with van der Waals surface area (Å²) in [6.07, 6.45) is 2.62. The highest BCUT2D eigenvalue weighted by Gasteiger charge is 2.56. The highest BCUT2D eigenvalue weighted by atomic mass is 28.3. The van der Waals surface area contributed by atoms with E-state index in [1.54, 1.807) is 0 Å². The zero-order chi connectivity index (χ0) is 15.2. The second-order valence-corrected chi connectivity index (χ2v) is 13.1. The molecule has 1 nitrogen and oxygen atoms in total. The van der Waals surface area contributed by atoms with E-state index >= 15 is 0 Å². The van der Waals surface area contributed by atoms with Gasteiger partial charge in [0.1, 0.15) is 13.3 Å². The van der Waals surface area contributed by atoms with Crippen molar-refractivity contribution >= 4 is 8.07 Å². The maximum absolute atomic E-state index is 6.61. The van der Waals surface area contributed by atoms with Crippen molar-refractivity contribution in [2.24, 2.45) is 0 Å². The third-order valence-corrected chi connectivity index (χ3v) is 11.6. The second kappa shape index (κ2) is 4.85. The zero-order valence-corrected chi connectivity index (χ0v) is 14.9. The fourth-order valence-corrected chi connectivity index (χ4v) is 5.99. The molecule has 1 aliphatic heterocycles. The lowest BCUT2D eigenvalue weighted by Gasteiger charge is -2.49. The van der Waals surface area contributed by atoms with E-state index in [1.165, 1.54) is 11.1 Å². The van der Waals surface area contributed by atoms with E-state index < -0.39 is 8.07 Å². The summed E-state index contributed by atoms with van der Waals surface area (Å²) in [5.74, 6) is 0. The van der Waals surface area contributed by atoms with E-state index in [1.807, 2.05) is 0 Å². The third-order valence-electron chi connectivity index (χ3n) is 5.44. The molecule has 0 fully saturated rings. The van der Waals surface area contributed by atoms with E-state index in [0.29, 0.717) is 0 Å². The number of ether oxygens (including phenoxy) is 1. The first-order valence-electron chi connectivity index (χ1n) is 7.54. The Morgan fingerprint density at radius 3 is 2.05 bits per heavy atom.